The molecule has 0 bridgehead atoms. The Kier molecular flexibility index (Phi) is 4.62. The second-order valence-corrected chi connectivity index (χ2v) is 6.82. The predicted molar refractivity (Wildman–Crippen MR) is 93.7 cm³/mol. The fourth-order valence-electron chi connectivity index (χ4n) is 2.29. The summed E-state index contributed by atoms with van der Waals surface area (Å²) in [6, 6.07) is 8.91. The Hall–Kier alpha value is -2.25. The maximum atomic E-state index is 14.6. The van der Waals surface area contributed by atoms with Gasteiger partial charge in [-0.1, -0.05) is 12.1 Å². The summed E-state index contributed by atoms with van der Waals surface area (Å²) in [6.07, 6.45) is 4.55. The lowest BCUT2D eigenvalue weighted by Gasteiger charge is -2.32. The summed E-state index contributed by atoms with van der Waals surface area (Å²) in [5.74, 6) is 0.515. The Morgan fingerprint density at radius 2 is 1.72 bits per heavy atom. The molecule has 0 spiro atoms. The van der Waals surface area contributed by atoms with Gasteiger partial charge in [0.1, 0.15) is 11.5 Å². The molecular formula is C18H20BFN2O3. The third-order valence-electron chi connectivity index (χ3n) is 4.39. The average molecular weight is 342 g/mol. The van der Waals surface area contributed by atoms with Crippen LogP contribution in [0.2, 0.25) is 0 Å². The number of rotatable bonds is 4. The monoisotopic (exact) mass is 342 g/mol. The van der Waals surface area contributed by atoms with Crippen molar-refractivity contribution in [1.82, 2.24) is 9.97 Å². The number of ether oxygens (including phenoxy) is 1. The van der Waals surface area contributed by atoms with E-state index in [0.29, 0.717) is 11.3 Å². The van der Waals surface area contributed by atoms with Crippen LogP contribution in [-0.2, 0) is 9.31 Å². The normalized spacial score (nSPS) is 19.1. The molecule has 0 amide bonds. The first-order valence-corrected chi connectivity index (χ1v) is 8.04. The summed E-state index contributed by atoms with van der Waals surface area (Å²) in [5.41, 5.74) is -1.04. The molecule has 0 saturated carbocycles. The van der Waals surface area contributed by atoms with Crippen molar-refractivity contribution in [2.45, 2.75) is 38.9 Å². The minimum Gasteiger partial charge on any atom is -0.424 e. The topological polar surface area (TPSA) is 53.5 Å². The van der Waals surface area contributed by atoms with Gasteiger partial charge in [0.05, 0.1) is 11.2 Å². The molecule has 2 heterocycles. The van der Waals surface area contributed by atoms with Gasteiger partial charge in [-0.3, -0.25) is 0 Å². The predicted octanol–water partition coefficient (Wildman–Crippen LogP) is 4.21. The van der Waals surface area contributed by atoms with E-state index in [0.717, 1.165) is 0 Å². The maximum absolute atomic E-state index is 14.6. The van der Waals surface area contributed by atoms with Gasteiger partial charge in [0.2, 0.25) is 0 Å². The van der Waals surface area contributed by atoms with Gasteiger partial charge in [-0.05, 0) is 57.5 Å². The number of hydrogen-bond donors (Lipinski definition) is 0. The largest absolute Gasteiger partial charge is 0.525 e. The van der Waals surface area contributed by atoms with Crippen LogP contribution in [0.3, 0.4) is 0 Å². The van der Waals surface area contributed by atoms with Crippen LogP contribution >= 0.6 is 0 Å². The summed E-state index contributed by atoms with van der Waals surface area (Å²) in [5, 5.41) is 0. The van der Waals surface area contributed by atoms with Gasteiger partial charge in [0.15, 0.2) is 0 Å². The average Bonchev–Trinajstić information content (AvgIpc) is 2.77. The molecule has 0 atom stereocenters. The van der Waals surface area contributed by atoms with Crippen molar-refractivity contribution in [2.24, 2.45) is 0 Å². The Labute approximate surface area is 147 Å². The minimum atomic E-state index is -1.02. The van der Waals surface area contributed by atoms with Crippen molar-refractivity contribution in [1.29, 1.82) is 0 Å². The van der Waals surface area contributed by atoms with Crippen LogP contribution in [0.1, 0.15) is 33.3 Å². The van der Waals surface area contributed by atoms with Crippen molar-refractivity contribution in [2.75, 3.05) is 0 Å². The summed E-state index contributed by atoms with van der Waals surface area (Å²) < 4.78 is 31.6. The highest BCUT2D eigenvalue weighted by Gasteiger charge is 2.53. The molecule has 7 heteroatoms. The van der Waals surface area contributed by atoms with E-state index >= 15 is 0 Å². The third kappa shape index (κ3) is 3.88. The van der Waals surface area contributed by atoms with Crippen molar-refractivity contribution in [3.8, 4) is 11.8 Å². The maximum Gasteiger partial charge on any atom is 0.525 e. The van der Waals surface area contributed by atoms with Crippen LogP contribution in [0.5, 0.6) is 11.8 Å². The molecule has 1 aromatic heterocycles. The minimum absolute atomic E-state index is 0.232. The molecular weight excluding hydrogens is 322 g/mol. The van der Waals surface area contributed by atoms with E-state index in [-0.39, 0.29) is 6.01 Å². The molecule has 0 aliphatic carbocycles. The molecule has 0 radical (unpaired) electrons. The van der Waals surface area contributed by atoms with Crippen LogP contribution in [-0.4, -0.2) is 28.3 Å². The van der Waals surface area contributed by atoms with Gasteiger partial charge in [-0.2, -0.15) is 0 Å². The first-order chi connectivity index (χ1) is 11.8. The van der Waals surface area contributed by atoms with Crippen LogP contribution in [0.15, 0.2) is 48.5 Å². The SMILES string of the molecule is CC1(C)OB(C(F)=Cc2cccc(Oc3ncccn3)c2)OC1(C)C. The molecule has 1 aliphatic rings. The van der Waals surface area contributed by atoms with Crippen LogP contribution in [0.4, 0.5) is 4.39 Å². The van der Waals surface area contributed by atoms with E-state index in [1.165, 1.54) is 6.08 Å². The highest BCUT2D eigenvalue weighted by molar-refractivity contribution is 6.54. The lowest BCUT2D eigenvalue weighted by Crippen LogP contribution is -2.41. The summed E-state index contributed by atoms with van der Waals surface area (Å²) >= 11 is 0. The third-order valence-corrected chi connectivity index (χ3v) is 4.39. The zero-order valence-electron chi connectivity index (χ0n) is 14.7. The Morgan fingerprint density at radius 3 is 2.36 bits per heavy atom. The quantitative estimate of drug-likeness (QED) is 0.779. The highest BCUT2D eigenvalue weighted by Crippen LogP contribution is 2.39. The molecule has 3 rings (SSSR count). The molecule has 1 fully saturated rings. The van der Waals surface area contributed by atoms with E-state index in [1.54, 1.807) is 42.7 Å². The number of hydrogen-bond acceptors (Lipinski definition) is 5. The van der Waals surface area contributed by atoms with Crippen molar-refractivity contribution >= 4 is 13.2 Å². The van der Waals surface area contributed by atoms with Gasteiger partial charge in [0.25, 0.3) is 0 Å². The van der Waals surface area contributed by atoms with Crippen LogP contribution in [0.25, 0.3) is 6.08 Å². The molecule has 1 saturated heterocycles. The van der Waals surface area contributed by atoms with Crippen LogP contribution in [0, 0.1) is 0 Å². The molecule has 1 aromatic carbocycles. The summed E-state index contributed by atoms with van der Waals surface area (Å²) in [6.45, 7) is 7.53. The fourth-order valence-corrected chi connectivity index (χ4v) is 2.29. The van der Waals surface area contributed by atoms with E-state index in [9.17, 15) is 4.39 Å². The first kappa shape index (κ1) is 17.6. The fraction of sp³-hybridized carbons (Fsp3) is 0.333. The summed E-state index contributed by atoms with van der Waals surface area (Å²) in [4.78, 5) is 7.99. The smallest absolute Gasteiger partial charge is 0.424 e. The molecule has 130 valence electrons. The second-order valence-electron chi connectivity index (χ2n) is 6.82. The second kappa shape index (κ2) is 6.57. The van der Waals surface area contributed by atoms with E-state index < -0.39 is 24.0 Å². The Bertz CT molecular complexity index is 765. The van der Waals surface area contributed by atoms with E-state index in [1.807, 2.05) is 27.7 Å². The molecule has 25 heavy (non-hydrogen) atoms. The van der Waals surface area contributed by atoms with Gasteiger partial charge < -0.3 is 14.0 Å². The van der Waals surface area contributed by atoms with Gasteiger partial charge >= 0.3 is 13.1 Å². The molecule has 0 N–H and O–H groups in total. The van der Waals surface area contributed by atoms with Crippen molar-refractivity contribution < 1.29 is 18.4 Å². The molecule has 1 aliphatic heterocycles. The highest BCUT2D eigenvalue weighted by atomic mass is 19.1. The van der Waals surface area contributed by atoms with Crippen molar-refractivity contribution in [3.05, 3.63) is 54.0 Å². The lowest BCUT2D eigenvalue weighted by molar-refractivity contribution is 0.00578. The van der Waals surface area contributed by atoms with E-state index in [4.69, 9.17) is 14.0 Å². The molecule has 5 nitrogen and oxygen atoms in total. The summed E-state index contributed by atoms with van der Waals surface area (Å²) in [7, 11) is -1.02. The zero-order chi connectivity index (χ0) is 18.1. The number of nitrogens with zero attached hydrogens (tertiary/aromatic N) is 2. The van der Waals surface area contributed by atoms with Gasteiger partial charge in [-0.25, -0.2) is 14.4 Å². The van der Waals surface area contributed by atoms with Crippen LogP contribution < -0.4 is 4.74 Å². The lowest BCUT2D eigenvalue weighted by atomic mass is 9.87. The molecule has 0 unspecified atom stereocenters. The molecule has 2 aromatic rings. The van der Waals surface area contributed by atoms with Gasteiger partial charge in [-0.15, -0.1) is 0 Å². The Balaban J connectivity index is 1.76. The number of benzene rings is 1. The van der Waals surface area contributed by atoms with E-state index in [2.05, 4.69) is 9.97 Å². The first-order valence-electron chi connectivity index (χ1n) is 8.04. The standard InChI is InChI=1S/C18H20BFN2O3/c1-17(2)18(3,4)25-19(24-17)15(20)12-13-7-5-8-14(11-13)23-16-21-9-6-10-22-16/h5-12H,1-4H3. The Morgan fingerprint density at radius 1 is 1.08 bits per heavy atom. The number of aromatic nitrogens is 2. The zero-order valence-corrected chi connectivity index (χ0v) is 14.7. The number of halogens is 1. The van der Waals surface area contributed by atoms with Crippen molar-refractivity contribution in [3.63, 3.8) is 0 Å². The van der Waals surface area contributed by atoms with Gasteiger partial charge in [0, 0.05) is 12.4 Å².